The number of carbonyl (C=O) groups is 1. The maximum Gasteiger partial charge on any atom is 0.310 e. The van der Waals surface area contributed by atoms with Gasteiger partial charge in [-0.1, -0.05) is 30.3 Å². The quantitative estimate of drug-likeness (QED) is 0.429. The van der Waals surface area contributed by atoms with Crippen LogP contribution in [0, 0.1) is 10.1 Å². The molecule has 0 unspecified atom stereocenters. The molecular weight excluding hydrogens is 374 g/mol. The minimum absolute atomic E-state index is 0.0382. The van der Waals surface area contributed by atoms with Gasteiger partial charge in [0.2, 0.25) is 0 Å². The number of ether oxygens (including phenoxy) is 2. The zero-order chi connectivity index (χ0) is 20.6. The molecule has 0 N–H and O–H groups in total. The van der Waals surface area contributed by atoms with E-state index in [1.165, 1.54) is 23.1 Å². The molecule has 2 aromatic carbocycles. The van der Waals surface area contributed by atoms with Crippen molar-refractivity contribution in [3.63, 3.8) is 0 Å². The Balaban J connectivity index is 1.78. The van der Waals surface area contributed by atoms with Crippen molar-refractivity contribution in [2.24, 2.45) is 0 Å². The lowest BCUT2D eigenvalue weighted by Crippen LogP contribution is -2.35. The van der Waals surface area contributed by atoms with Gasteiger partial charge in [0.1, 0.15) is 11.6 Å². The Morgan fingerprint density at radius 2 is 1.79 bits per heavy atom. The fraction of sp³-hybridized carbons (Fsp3) is 0.143. The molecule has 0 aliphatic carbocycles. The molecule has 0 saturated heterocycles. The highest BCUT2D eigenvalue weighted by molar-refractivity contribution is 5.93. The Morgan fingerprint density at radius 1 is 1.07 bits per heavy atom. The van der Waals surface area contributed by atoms with Gasteiger partial charge >= 0.3 is 5.69 Å². The molecule has 0 spiro atoms. The molecule has 0 fully saturated rings. The first kappa shape index (κ1) is 19.8. The van der Waals surface area contributed by atoms with Crippen LogP contribution < -0.4 is 14.4 Å². The topological polar surface area (TPSA) is 94.8 Å². The Morgan fingerprint density at radius 3 is 2.45 bits per heavy atom. The molecule has 3 rings (SSSR count). The van der Waals surface area contributed by atoms with Crippen LogP contribution in [-0.4, -0.2) is 29.5 Å². The highest BCUT2D eigenvalue weighted by Crippen LogP contribution is 2.26. The Labute approximate surface area is 167 Å². The highest BCUT2D eigenvalue weighted by Gasteiger charge is 2.20. The molecule has 148 valence electrons. The lowest BCUT2D eigenvalue weighted by Gasteiger charge is -2.22. The first-order valence-corrected chi connectivity index (χ1v) is 8.79. The molecule has 0 saturated carbocycles. The summed E-state index contributed by atoms with van der Waals surface area (Å²) in [6, 6.07) is 18.5. The van der Waals surface area contributed by atoms with Crippen LogP contribution in [0.4, 0.5) is 11.5 Å². The number of carbonyl (C=O) groups excluding carboxylic acids is 1. The van der Waals surface area contributed by atoms with E-state index in [2.05, 4.69) is 4.98 Å². The number of nitro groups is 1. The lowest BCUT2D eigenvalue weighted by molar-refractivity contribution is -0.385. The van der Waals surface area contributed by atoms with E-state index in [4.69, 9.17) is 9.47 Å². The average Bonchev–Trinajstić information content (AvgIpc) is 2.77. The third-order valence-corrected chi connectivity index (χ3v) is 4.14. The van der Waals surface area contributed by atoms with Gasteiger partial charge < -0.3 is 9.47 Å². The van der Waals surface area contributed by atoms with Gasteiger partial charge in [-0.3, -0.25) is 19.8 Å². The second kappa shape index (κ2) is 9.32. The maximum absolute atomic E-state index is 12.9. The third-order valence-electron chi connectivity index (χ3n) is 4.14. The number of aromatic nitrogens is 1. The van der Waals surface area contributed by atoms with Crippen LogP contribution in [0.15, 0.2) is 72.9 Å². The lowest BCUT2D eigenvalue weighted by atomic mass is 10.2. The molecule has 8 nitrogen and oxygen atoms in total. The zero-order valence-electron chi connectivity index (χ0n) is 15.7. The molecular formula is C21H19N3O5. The van der Waals surface area contributed by atoms with E-state index >= 15 is 0 Å². The number of pyridine rings is 1. The van der Waals surface area contributed by atoms with Gasteiger partial charge in [0.05, 0.1) is 18.6 Å². The van der Waals surface area contributed by atoms with Crippen LogP contribution >= 0.6 is 0 Å². The Bertz CT molecular complexity index is 977. The van der Waals surface area contributed by atoms with Gasteiger partial charge in [0.25, 0.3) is 5.91 Å². The number of hydrogen-bond acceptors (Lipinski definition) is 6. The minimum atomic E-state index is -0.548. The van der Waals surface area contributed by atoms with Crippen LogP contribution in [0.3, 0.4) is 0 Å². The summed E-state index contributed by atoms with van der Waals surface area (Å²) in [5.41, 5.74) is 0.676. The van der Waals surface area contributed by atoms with Gasteiger partial charge in [0.15, 0.2) is 12.4 Å². The summed E-state index contributed by atoms with van der Waals surface area (Å²) >= 11 is 0. The van der Waals surface area contributed by atoms with Crippen LogP contribution in [0.2, 0.25) is 0 Å². The molecule has 0 atom stereocenters. The normalized spacial score (nSPS) is 10.2. The van der Waals surface area contributed by atoms with E-state index in [9.17, 15) is 14.9 Å². The Kier molecular flexibility index (Phi) is 6.36. The predicted octanol–water partition coefficient (Wildman–Crippen LogP) is 3.61. The molecule has 3 aromatic rings. The number of amides is 1. The first-order chi connectivity index (χ1) is 14.1. The van der Waals surface area contributed by atoms with Gasteiger partial charge in [-0.2, -0.15) is 0 Å². The Hall–Kier alpha value is -3.94. The second-order valence-corrected chi connectivity index (χ2v) is 6.03. The minimum Gasteiger partial charge on any atom is -0.497 e. The number of nitrogens with zero attached hydrogens (tertiary/aromatic N) is 3. The van der Waals surface area contributed by atoms with Crippen LogP contribution in [0.5, 0.6) is 11.5 Å². The third kappa shape index (κ3) is 5.07. The van der Waals surface area contributed by atoms with E-state index in [1.807, 2.05) is 12.1 Å². The van der Waals surface area contributed by atoms with Gasteiger partial charge in [-0.05, 0) is 35.9 Å². The largest absolute Gasteiger partial charge is 0.497 e. The molecule has 8 heteroatoms. The number of rotatable bonds is 8. The van der Waals surface area contributed by atoms with Crippen molar-refractivity contribution < 1.29 is 19.2 Å². The SMILES string of the molecule is COc1ccc(CN(C(=O)COc2ccccc2[N+](=O)[O-])c2ccccn2)cc1. The standard InChI is InChI=1S/C21H19N3O5/c1-28-17-11-9-16(10-12-17)14-23(20-8-4-5-13-22-20)21(25)15-29-19-7-3-2-6-18(19)24(26)27/h2-13H,14-15H2,1H3. The van der Waals surface area contributed by atoms with E-state index in [0.29, 0.717) is 11.6 Å². The molecule has 0 bridgehead atoms. The summed E-state index contributed by atoms with van der Waals surface area (Å²) in [7, 11) is 1.58. The summed E-state index contributed by atoms with van der Waals surface area (Å²) in [5.74, 6) is 0.831. The van der Waals surface area contributed by atoms with E-state index in [-0.39, 0.29) is 30.5 Å². The molecule has 0 aliphatic heterocycles. The summed E-state index contributed by atoms with van der Waals surface area (Å²) in [4.78, 5) is 29.2. The molecule has 1 aromatic heterocycles. The fourth-order valence-corrected chi connectivity index (χ4v) is 2.67. The summed E-state index contributed by atoms with van der Waals surface area (Å²) in [6.45, 7) is -0.0995. The van der Waals surface area contributed by atoms with Crippen molar-refractivity contribution in [3.05, 3.63) is 88.6 Å². The molecule has 0 radical (unpaired) electrons. The number of benzene rings is 2. The summed E-state index contributed by atoms with van der Waals surface area (Å²) < 4.78 is 10.6. The van der Waals surface area contributed by atoms with E-state index < -0.39 is 4.92 Å². The van der Waals surface area contributed by atoms with Crippen molar-refractivity contribution in [1.82, 2.24) is 4.98 Å². The van der Waals surface area contributed by atoms with Crippen molar-refractivity contribution in [2.75, 3.05) is 18.6 Å². The van der Waals surface area contributed by atoms with Gasteiger partial charge in [-0.15, -0.1) is 0 Å². The van der Waals surface area contributed by atoms with Crippen LogP contribution in [0.1, 0.15) is 5.56 Å². The zero-order valence-corrected chi connectivity index (χ0v) is 15.7. The predicted molar refractivity (Wildman–Crippen MR) is 107 cm³/mol. The average molecular weight is 393 g/mol. The maximum atomic E-state index is 12.9. The number of para-hydroxylation sites is 2. The fourth-order valence-electron chi connectivity index (χ4n) is 2.67. The van der Waals surface area contributed by atoms with Crippen molar-refractivity contribution >= 4 is 17.4 Å². The van der Waals surface area contributed by atoms with E-state index in [0.717, 1.165) is 5.56 Å². The highest BCUT2D eigenvalue weighted by atomic mass is 16.6. The number of methoxy groups -OCH3 is 1. The molecule has 29 heavy (non-hydrogen) atoms. The summed E-state index contributed by atoms with van der Waals surface area (Å²) in [6.07, 6.45) is 1.59. The van der Waals surface area contributed by atoms with Crippen LogP contribution in [-0.2, 0) is 11.3 Å². The number of anilines is 1. The van der Waals surface area contributed by atoms with Crippen molar-refractivity contribution in [2.45, 2.75) is 6.54 Å². The number of hydrogen-bond donors (Lipinski definition) is 0. The van der Waals surface area contributed by atoms with Crippen LogP contribution in [0.25, 0.3) is 0 Å². The molecule has 1 heterocycles. The van der Waals surface area contributed by atoms with Crippen molar-refractivity contribution in [1.29, 1.82) is 0 Å². The van der Waals surface area contributed by atoms with Gasteiger partial charge in [0, 0.05) is 12.3 Å². The number of nitro benzene ring substituents is 1. The van der Waals surface area contributed by atoms with Gasteiger partial charge in [-0.25, -0.2) is 4.98 Å². The van der Waals surface area contributed by atoms with Crippen molar-refractivity contribution in [3.8, 4) is 11.5 Å². The smallest absolute Gasteiger partial charge is 0.310 e. The van der Waals surface area contributed by atoms with E-state index in [1.54, 1.807) is 49.7 Å². The molecule has 0 aliphatic rings. The molecule has 1 amide bonds. The monoisotopic (exact) mass is 393 g/mol. The second-order valence-electron chi connectivity index (χ2n) is 6.03. The summed E-state index contributed by atoms with van der Waals surface area (Å²) in [5, 5.41) is 11.1. The first-order valence-electron chi connectivity index (χ1n) is 8.79.